The van der Waals surface area contributed by atoms with Gasteiger partial charge in [-0.3, -0.25) is 9.59 Å². The molecule has 2 amide bonds. The van der Waals surface area contributed by atoms with Crippen LogP contribution in [0.5, 0.6) is 0 Å². The molecule has 0 bridgehead atoms. The van der Waals surface area contributed by atoms with Crippen LogP contribution in [-0.2, 0) is 16.1 Å². The topological polar surface area (TPSA) is 62.6 Å². The van der Waals surface area contributed by atoms with Gasteiger partial charge in [-0.1, -0.05) is 19.8 Å². The molecule has 2 heterocycles. The van der Waals surface area contributed by atoms with Crippen LogP contribution in [0.15, 0.2) is 16.5 Å². The summed E-state index contributed by atoms with van der Waals surface area (Å²) in [5.41, 5.74) is -0.662. The monoisotopic (exact) mass is 290 g/mol. The number of furan rings is 1. The molecule has 2 aliphatic rings. The number of nitrogens with one attached hydrogen (secondary N) is 1. The summed E-state index contributed by atoms with van der Waals surface area (Å²) >= 11 is 0. The summed E-state index contributed by atoms with van der Waals surface area (Å²) in [4.78, 5) is 27.1. The minimum absolute atomic E-state index is 0.0257. The van der Waals surface area contributed by atoms with Crippen molar-refractivity contribution in [1.29, 1.82) is 0 Å². The Balaban J connectivity index is 1.89. The fourth-order valence-electron chi connectivity index (χ4n) is 3.57. The van der Waals surface area contributed by atoms with E-state index in [-0.39, 0.29) is 11.8 Å². The molecule has 1 spiro atoms. The Labute approximate surface area is 124 Å². The van der Waals surface area contributed by atoms with Crippen LogP contribution >= 0.6 is 0 Å². The summed E-state index contributed by atoms with van der Waals surface area (Å²) in [6, 6.07) is 3.37. The van der Waals surface area contributed by atoms with Crippen LogP contribution in [0, 0.1) is 6.92 Å². The molecule has 0 aromatic carbocycles. The molecule has 1 aromatic rings. The highest BCUT2D eigenvalue weighted by molar-refractivity contribution is 6.00. The SMILES string of the molecule is CCC1C(=O)NC2(CCCC2)C(=O)N1Cc1ccc(C)o1. The first-order chi connectivity index (χ1) is 10.1. The molecular formula is C16H22N2O3. The number of hydrogen-bond acceptors (Lipinski definition) is 3. The fraction of sp³-hybridized carbons (Fsp3) is 0.625. The predicted molar refractivity (Wildman–Crippen MR) is 77.4 cm³/mol. The van der Waals surface area contributed by atoms with Gasteiger partial charge in [-0.15, -0.1) is 0 Å². The van der Waals surface area contributed by atoms with Crippen LogP contribution in [0.2, 0.25) is 0 Å². The molecule has 1 saturated carbocycles. The highest BCUT2D eigenvalue weighted by atomic mass is 16.3. The first-order valence-corrected chi connectivity index (χ1v) is 7.74. The zero-order valence-electron chi connectivity index (χ0n) is 12.6. The van der Waals surface area contributed by atoms with E-state index >= 15 is 0 Å². The number of hydrogen-bond donors (Lipinski definition) is 1. The van der Waals surface area contributed by atoms with Gasteiger partial charge in [0.25, 0.3) is 0 Å². The molecule has 114 valence electrons. The summed E-state index contributed by atoms with van der Waals surface area (Å²) in [6.07, 6.45) is 4.11. The zero-order valence-corrected chi connectivity index (χ0v) is 12.6. The maximum Gasteiger partial charge on any atom is 0.249 e. The van der Waals surface area contributed by atoms with Crippen LogP contribution in [0.25, 0.3) is 0 Å². The molecule has 1 saturated heterocycles. The molecule has 1 aliphatic heterocycles. The first-order valence-electron chi connectivity index (χ1n) is 7.74. The molecule has 1 unspecified atom stereocenters. The Hall–Kier alpha value is -1.78. The lowest BCUT2D eigenvalue weighted by atomic mass is 9.90. The molecule has 1 aromatic heterocycles. The van der Waals surface area contributed by atoms with Gasteiger partial charge in [0.05, 0.1) is 6.54 Å². The standard InChI is InChI=1S/C16H22N2O3/c1-3-13-14(19)17-16(8-4-5-9-16)15(20)18(13)10-12-7-6-11(2)21-12/h6-7,13H,3-5,8-10H2,1-2H3,(H,17,19). The van der Waals surface area contributed by atoms with Crippen molar-refractivity contribution < 1.29 is 14.0 Å². The third-order valence-corrected chi connectivity index (χ3v) is 4.68. The van der Waals surface area contributed by atoms with Gasteiger partial charge in [-0.2, -0.15) is 0 Å². The Kier molecular flexibility index (Phi) is 3.51. The molecule has 21 heavy (non-hydrogen) atoms. The smallest absolute Gasteiger partial charge is 0.249 e. The fourth-order valence-corrected chi connectivity index (χ4v) is 3.57. The second kappa shape index (κ2) is 5.20. The molecule has 3 rings (SSSR count). The van der Waals surface area contributed by atoms with Gasteiger partial charge >= 0.3 is 0 Å². The minimum Gasteiger partial charge on any atom is -0.464 e. The van der Waals surface area contributed by atoms with Gasteiger partial charge in [-0.05, 0) is 38.3 Å². The van der Waals surface area contributed by atoms with Crippen LogP contribution in [0.1, 0.15) is 50.5 Å². The summed E-state index contributed by atoms with van der Waals surface area (Å²) in [6.45, 7) is 4.19. The van der Waals surface area contributed by atoms with Crippen molar-refractivity contribution in [2.45, 2.75) is 64.1 Å². The zero-order chi connectivity index (χ0) is 15.0. The van der Waals surface area contributed by atoms with Crippen LogP contribution in [-0.4, -0.2) is 28.3 Å². The van der Waals surface area contributed by atoms with Crippen LogP contribution in [0.4, 0.5) is 0 Å². The van der Waals surface area contributed by atoms with Crippen LogP contribution in [0.3, 0.4) is 0 Å². The lowest BCUT2D eigenvalue weighted by Crippen LogP contribution is -2.69. The third kappa shape index (κ3) is 2.34. The maximum absolute atomic E-state index is 12.9. The number of carbonyl (C=O) groups excluding carboxylic acids is 2. The number of nitrogens with zero attached hydrogens (tertiary/aromatic N) is 1. The quantitative estimate of drug-likeness (QED) is 0.927. The first kappa shape index (κ1) is 14.2. The van der Waals surface area contributed by atoms with E-state index in [1.54, 1.807) is 4.90 Å². The Morgan fingerprint density at radius 3 is 2.62 bits per heavy atom. The second-order valence-electron chi connectivity index (χ2n) is 6.15. The summed E-state index contributed by atoms with van der Waals surface area (Å²) < 4.78 is 5.59. The summed E-state index contributed by atoms with van der Waals surface area (Å²) in [7, 11) is 0. The van der Waals surface area contributed by atoms with Crippen molar-refractivity contribution >= 4 is 11.8 Å². The molecule has 1 atom stereocenters. The summed E-state index contributed by atoms with van der Waals surface area (Å²) in [5, 5.41) is 3.00. The second-order valence-corrected chi connectivity index (χ2v) is 6.15. The molecule has 1 aliphatic carbocycles. The number of piperazine rings is 1. The number of amides is 2. The van der Waals surface area contributed by atoms with E-state index in [0.29, 0.717) is 13.0 Å². The van der Waals surface area contributed by atoms with Crippen molar-refractivity contribution in [2.75, 3.05) is 0 Å². The lowest BCUT2D eigenvalue weighted by molar-refractivity contribution is -0.156. The van der Waals surface area contributed by atoms with Crippen molar-refractivity contribution in [1.82, 2.24) is 10.2 Å². The highest BCUT2D eigenvalue weighted by Gasteiger charge is 2.51. The lowest BCUT2D eigenvalue weighted by Gasteiger charge is -2.44. The van der Waals surface area contributed by atoms with E-state index in [0.717, 1.165) is 37.2 Å². The molecule has 2 fully saturated rings. The summed E-state index contributed by atoms with van der Waals surface area (Å²) in [5.74, 6) is 1.59. The van der Waals surface area contributed by atoms with Gasteiger partial charge in [0.1, 0.15) is 23.1 Å². The normalized spacial score (nSPS) is 24.7. The predicted octanol–water partition coefficient (Wildman–Crippen LogP) is 2.14. The van der Waals surface area contributed by atoms with E-state index in [1.807, 2.05) is 26.0 Å². The number of rotatable bonds is 3. The van der Waals surface area contributed by atoms with E-state index in [1.165, 1.54) is 0 Å². The van der Waals surface area contributed by atoms with Crippen molar-refractivity contribution in [3.8, 4) is 0 Å². The molecule has 0 radical (unpaired) electrons. The van der Waals surface area contributed by atoms with E-state index in [4.69, 9.17) is 4.42 Å². The van der Waals surface area contributed by atoms with Gasteiger partial charge in [-0.25, -0.2) is 0 Å². The van der Waals surface area contributed by atoms with Crippen molar-refractivity contribution in [2.24, 2.45) is 0 Å². The van der Waals surface area contributed by atoms with Gasteiger partial charge in [0.2, 0.25) is 11.8 Å². The van der Waals surface area contributed by atoms with E-state index in [2.05, 4.69) is 5.32 Å². The van der Waals surface area contributed by atoms with E-state index < -0.39 is 11.6 Å². The highest BCUT2D eigenvalue weighted by Crippen LogP contribution is 2.35. The largest absolute Gasteiger partial charge is 0.464 e. The average Bonchev–Trinajstić information content (AvgIpc) is 3.06. The van der Waals surface area contributed by atoms with Crippen molar-refractivity contribution in [3.63, 3.8) is 0 Å². The van der Waals surface area contributed by atoms with Crippen molar-refractivity contribution in [3.05, 3.63) is 23.7 Å². The molecule has 5 nitrogen and oxygen atoms in total. The Morgan fingerprint density at radius 1 is 1.33 bits per heavy atom. The molecule has 5 heteroatoms. The van der Waals surface area contributed by atoms with Crippen LogP contribution < -0.4 is 5.32 Å². The average molecular weight is 290 g/mol. The minimum atomic E-state index is -0.662. The van der Waals surface area contributed by atoms with Gasteiger partial charge in [0, 0.05) is 0 Å². The van der Waals surface area contributed by atoms with Gasteiger partial charge in [0.15, 0.2) is 0 Å². The molecule has 1 N–H and O–H groups in total. The Bertz CT molecular complexity index is 558. The maximum atomic E-state index is 12.9. The number of carbonyl (C=O) groups is 2. The molecular weight excluding hydrogens is 268 g/mol. The number of aryl methyl sites for hydroxylation is 1. The third-order valence-electron chi connectivity index (χ3n) is 4.68. The Morgan fingerprint density at radius 2 is 2.05 bits per heavy atom. The van der Waals surface area contributed by atoms with Gasteiger partial charge < -0.3 is 14.6 Å². The van der Waals surface area contributed by atoms with E-state index in [9.17, 15) is 9.59 Å².